The predicted octanol–water partition coefficient (Wildman–Crippen LogP) is 1.64. The fraction of sp³-hybridized carbons (Fsp3) is 0.417. The third-order valence-corrected chi connectivity index (χ3v) is 4.22. The lowest BCUT2D eigenvalue weighted by molar-refractivity contribution is 0.581. The maximum Gasteiger partial charge on any atom is 0.244 e. The molecule has 5 nitrogen and oxygen atoms in total. The van der Waals surface area contributed by atoms with Crippen LogP contribution in [0, 0.1) is 13.8 Å². The van der Waals surface area contributed by atoms with Gasteiger partial charge in [0, 0.05) is 24.1 Å². The molecule has 98 valence electrons. The summed E-state index contributed by atoms with van der Waals surface area (Å²) in [6, 6.07) is 3.51. The average Bonchev–Trinajstić information content (AvgIpc) is 2.71. The van der Waals surface area contributed by atoms with Crippen LogP contribution in [0.25, 0.3) is 5.65 Å². The van der Waals surface area contributed by atoms with Crippen molar-refractivity contribution in [3.63, 3.8) is 0 Å². The summed E-state index contributed by atoms with van der Waals surface area (Å²) in [5.41, 5.74) is 2.26. The lowest BCUT2D eigenvalue weighted by Crippen LogP contribution is -2.24. The molecule has 0 aliphatic heterocycles. The topological polar surface area (TPSA) is 63.5 Å². The van der Waals surface area contributed by atoms with E-state index in [1.165, 1.54) is 0 Å². The molecule has 0 aliphatic rings. The highest BCUT2D eigenvalue weighted by Gasteiger charge is 2.19. The normalized spacial score (nSPS) is 12.2. The fourth-order valence-electron chi connectivity index (χ4n) is 1.89. The monoisotopic (exact) mass is 267 g/mol. The van der Waals surface area contributed by atoms with Gasteiger partial charge in [-0.3, -0.25) is 0 Å². The molecule has 18 heavy (non-hydrogen) atoms. The molecule has 0 aliphatic carbocycles. The minimum atomic E-state index is -3.47. The second-order valence-electron chi connectivity index (χ2n) is 4.31. The third kappa shape index (κ3) is 2.26. The molecule has 0 atom stereocenters. The van der Waals surface area contributed by atoms with Crippen LogP contribution >= 0.6 is 0 Å². The zero-order valence-corrected chi connectivity index (χ0v) is 11.6. The number of hydrogen-bond acceptors (Lipinski definition) is 3. The Morgan fingerprint density at radius 2 is 2.11 bits per heavy atom. The Bertz CT molecular complexity index is 674. The number of aromatic nitrogens is 2. The van der Waals surface area contributed by atoms with Crippen LogP contribution in [0.3, 0.4) is 0 Å². The van der Waals surface area contributed by atoms with E-state index in [9.17, 15) is 8.42 Å². The van der Waals surface area contributed by atoms with E-state index in [2.05, 4.69) is 9.71 Å². The summed E-state index contributed by atoms with van der Waals surface area (Å²) in [7, 11) is -3.47. The Morgan fingerprint density at radius 3 is 2.78 bits per heavy atom. The van der Waals surface area contributed by atoms with Gasteiger partial charge in [-0.25, -0.2) is 18.1 Å². The molecule has 0 amide bonds. The molecule has 0 aromatic carbocycles. The Kier molecular flexibility index (Phi) is 3.41. The molecule has 2 aromatic heterocycles. The number of nitrogens with zero attached hydrogens (tertiary/aromatic N) is 2. The Morgan fingerprint density at radius 1 is 1.39 bits per heavy atom. The molecule has 0 bridgehead atoms. The molecule has 0 unspecified atom stereocenters. The molecule has 2 rings (SSSR count). The van der Waals surface area contributed by atoms with Crippen LogP contribution in [-0.2, 0) is 10.0 Å². The maximum absolute atomic E-state index is 12.1. The van der Waals surface area contributed by atoms with Crippen molar-refractivity contribution in [2.75, 3.05) is 6.54 Å². The third-order valence-electron chi connectivity index (χ3n) is 2.74. The van der Waals surface area contributed by atoms with Gasteiger partial charge >= 0.3 is 0 Å². The summed E-state index contributed by atoms with van der Waals surface area (Å²) in [6.07, 6.45) is 2.49. The van der Waals surface area contributed by atoms with E-state index < -0.39 is 10.0 Å². The largest absolute Gasteiger partial charge is 0.305 e. The van der Waals surface area contributed by atoms with Crippen LogP contribution in [0.15, 0.2) is 23.2 Å². The van der Waals surface area contributed by atoms with E-state index in [1.807, 2.05) is 26.8 Å². The highest BCUT2D eigenvalue weighted by molar-refractivity contribution is 7.89. The SMILES string of the molecule is CCCNS(=O)(=O)c1ccn2c(C)cc(C)nc12. The van der Waals surface area contributed by atoms with E-state index >= 15 is 0 Å². The first-order valence-corrected chi connectivity index (χ1v) is 7.39. The molecule has 0 fully saturated rings. The molecule has 0 spiro atoms. The number of sulfonamides is 1. The van der Waals surface area contributed by atoms with Crippen molar-refractivity contribution in [3.05, 3.63) is 29.7 Å². The average molecular weight is 267 g/mol. The molecule has 1 N–H and O–H groups in total. The van der Waals surface area contributed by atoms with E-state index in [0.717, 1.165) is 17.8 Å². The Hall–Kier alpha value is -1.40. The molecule has 6 heteroatoms. The summed E-state index contributed by atoms with van der Waals surface area (Å²) < 4.78 is 28.6. The number of fused-ring (bicyclic) bond motifs is 1. The molecule has 0 saturated carbocycles. The Balaban J connectivity index is 2.59. The second-order valence-corrected chi connectivity index (χ2v) is 6.05. The lowest BCUT2D eigenvalue weighted by atomic mass is 10.3. The zero-order valence-electron chi connectivity index (χ0n) is 10.8. The van der Waals surface area contributed by atoms with Gasteiger partial charge < -0.3 is 4.40 Å². The highest BCUT2D eigenvalue weighted by atomic mass is 32.2. The summed E-state index contributed by atoms with van der Waals surface area (Å²) in [5, 5.41) is 0. The van der Waals surface area contributed by atoms with Gasteiger partial charge in [-0.2, -0.15) is 0 Å². The van der Waals surface area contributed by atoms with E-state index in [0.29, 0.717) is 12.2 Å². The van der Waals surface area contributed by atoms with Crippen LogP contribution in [0.2, 0.25) is 0 Å². The standard InChI is InChI=1S/C12H17N3O2S/c1-4-6-13-18(16,17)11-5-7-15-10(3)8-9(2)14-12(11)15/h5,7-8,13H,4,6H2,1-3H3. The summed E-state index contributed by atoms with van der Waals surface area (Å²) in [5.74, 6) is 0. The van der Waals surface area contributed by atoms with Crippen LogP contribution in [0.1, 0.15) is 24.7 Å². The number of aryl methyl sites for hydroxylation is 2. The maximum atomic E-state index is 12.1. The van der Waals surface area contributed by atoms with E-state index in [-0.39, 0.29) is 4.90 Å². The Labute approximate surface area is 107 Å². The first-order chi connectivity index (χ1) is 8.45. The van der Waals surface area contributed by atoms with Crippen molar-refractivity contribution in [1.82, 2.24) is 14.1 Å². The quantitative estimate of drug-likeness (QED) is 0.916. The van der Waals surface area contributed by atoms with Gasteiger partial charge in [0.25, 0.3) is 0 Å². The number of rotatable bonds is 4. The van der Waals surface area contributed by atoms with Gasteiger partial charge in [-0.15, -0.1) is 0 Å². The first kappa shape index (κ1) is 13.0. The molecular formula is C12H17N3O2S. The minimum Gasteiger partial charge on any atom is -0.305 e. The van der Waals surface area contributed by atoms with Crippen molar-refractivity contribution in [1.29, 1.82) is 0 Å². The molecule has 2 heterocycles. The lowest BCUT2D eigenvalue weighted by Gasteiger charge is -2.06. The zero-order chi connectivity index (χ0) is 13.3. The van der Waals surface area contributed by atoms with Crippen LogP contribution in [0.4, 0.5) is 0 Å². The van der Waals surface area contributed by atoms with Gasteiger partial charge in [-0.05, 0) is 32.4 Å². The van der Waals surface area contributed by atoms with Gasteiger partial charge in [-0.1, -0.05) is 6.92 Å². The van der Waals surface area contributed by atoms with E-state index in [4.69, 9.17) is 0 Å². The van der Waals surface area contributed by atoms with Crippen LogP contribution in [0.5, 0.6) is 0 Å². The van der Waals surface area contributed by atoms with Gasteiger partial charge in [0.1, 0.15) is 4.90 Å². The molecule has 0 saturated heterocycles. The van der Waals surface area contributed by atoms with Crippen LogP contribution in [-0.4, -0.2) is 24.3 Å². The number of nitrogens with one attached hydrogen (secondary N) is 1. The van der Waals surface area contributed by atoms with Crippen LogP contribution < -0.4 is 4.72 Å². The van der Waals surface area contributed by atoms with Crippen molar-refractivity contribution >= 4 is 15.7 Å². The second kappa shape index (κ2) is 4.70. The first-order valence-electron chi connectivity index (χ1n) is 5.90. The van der Waals surface area contributed by atoms with Crippen molar-refractivity contribution in [3.8, 4) is 0 Å². The van der Waals surface area contributed by atoms with Gasteiger partial charge in [0.05, 0.1) is 0 Å². The summed E-state index contributed by atoms with van der Waals surface area (Å²) >= 11 is 0. The predicted molar refractivity (Wildman–Crippen MR) is 70.1 cm³/mol. The van der Waals surface area contributed by atoms with Gasteiger partial charge in [0.15, 0.2) is 5.65 Å². The highest BCUT2D eigenvalue weighted by Crippen LogP contribution is 2.18. The molecule has 0 radical (unpaired) electrons. The van der Waals surface area contributed by atoms with Crippen molar-refractivity contribution in [2.45, 2.75) is 32.1 Å². The van der Waals surface area contributed by atoms with Gasteiger partial charge in [0.2, 0.25) is 10.0 Å². The summed E-state index contributed by atoms with van der Waals surface area (Å²) in [4.78, 5) is 4.55. The summed E-state index contributed by atoms with van der Waals surface area (Å²) in [6.45, 7) is 6.14. The molecular weight excluding hydrogens is 250 g/mol. The minimum absolute atomic E-state index is 0.239. The van der Waals surface area contributed by atoms with Crippen molar-refractivity contribution < 1.29 is 8.42 Å². The number of hydrogen-bond donors (Lipinski definition) is 1. The van der Waals surface area contributed by atoms with E-state index in [1.54, 1.807) is 16.7 Å². The molecule has 2 aromatic rings. The van der Waals surface area contributed by atoms with Crippen molar-refractivity contribution in [2.24, 2.45) is 0 Å². The fourth-order valence-corrected chi connectivity index (χ4v) is 3.15. The smallest absolute Gasteiger partial charge is 0.244 e.